The molecule has 0 radical (unpaired) electrons. The van der Waals surface area contributed by atoms with Gasteiger partial charge in [-0.25, -0.2) is 4.39 Å². The molecule has 0 amide bonds. The number of hydrogen-bond donors (Lipinski definition) is 1. The Bertz CT molecular complexity index is 524. The smallest absolute Gasteiger partial charge is 0.324 e. The van der Waals surface area contributed by atoms with Gasteiger partial charge in [0, 0.05) is 17.0 Å². The number of esters is 1. The second-order valence-electron chi connectivity index (χ2n) is 5.03. The van der Waals surface area contributed by atoms with Gasteiger partial charge in [-0.1, -0.05) is 31.5 Å². The minimum atomic E-state index is -1.87. The van der Waals surface area contributed by atoms with Crippen LogP contribution < -0.4 is 0 Å². The molecule has 0 saturated heterocycles. The molecule has 1 rings (SSSR count). The molecule has 1 N–H and O–H groups in total. The summed E-state index contributed by atoms with van der Waals surface area (Å²) in [6.07, 6.45) is -0.357. The predicted molar refractivity (Wildman–Crippen MR) is 76.7 cm³/mol. The second-order valence-corrected chi connectivity index (χ2v) is 5.44. The summed E-state index contributed by atoms with van der Waals surface area (Å²) >= 11 is 5.94. The van der Waals surface area contributed by atoms with Gasteiger partial charge in [0.2, 0.25) is 0 Å². The molecule has 0 aliphatic rings. The van der Waals surface area contributed by atoms with Gasteiger partial charge in [-0.2, -0.15) is 0 Å². The van der Waals surface area contributed by atoms with Crippen molar-refractivity contribution in [1.82, 2.24) is 0 Å². The number of carbonyl (C=O) groups is 2. The van der Waals surface area contributed by atoms with E-state index >= 15 is 0 Å². The molecule has 116 valence electrons. The Labute approximate surface area is 127 Å². The van der Waals surface area contributed by atoms with Gasteiger partial charge in [-0.15, -0.1) is 0 Å². The first-order valence-electron chi connectivity index (χ1n) is 6.60. The van der Waals surface area contributed by atoms with Crippen LogP contribution in [0.2, 0.25) is 5.02 Å². The topological polar surface area (TPSA) is 63.6 Å². The lowest BCUT2D eigenvalue weighted by Gasteiger charge is -2.31. The highest BCUT2D eigenvalue weighted by Crippen LogP contribution is 2.36. The molecule has 4 nitrogen and oxygen atoms in total. The van der Waals surface area contributed by atoms with Gasteiger partial charge < -0.3 is 9.84 Å². The van der Waals surface area contributed by atoms with E-state index in [1.165, 1.54) is 18.2 Å². The van der Waals surface area contributed by atoms with Crippen LogP contribution in [0.25, 0.3) is 0 Å². The molecule has 0 aliphatic carbocycles. The van der Waals surface area contributed by atoms with E-state index in [-0.39, 0.29) is 23.6 Å². The third-order valence-corrected chi connectivity index (χ3v) is 3.88. The van der Waals surface area contributed by atoms with Crippen LogP contribution in [-0.4, -0.2) is 23.7 Å². The summed E-state index contributed by atoms with van der Waals surface area (Å²) in [6, 6.07) is 4.06. The SMILES string of the molecule is CCOC(=O)C(Cc1c(F)cccc1Cl)(C(=O)O)C(C)C. The van der Waals surface area contributed by atoms with Crippen molar-refractivity contribution in [2.24, 2.45) is 11.3 Å². The number of carboxylic acid groups (broad SMARTS) is 1. The molecule has 0 saturated carbocycles. The maximum atomic E-state index is 13.9. The Balaban J connectivity index is 3.38. The van der Waals surface area contributed by atoms with E-state index in [4.69, 9.17) is 16.3 Å². The number of rotatable bonds is 6. The summed E-state index contributed by atoms with van der Waals surface area (Å²) in [6.45, 7) is 4.80. The van der Waals surface area contributed by atoms with Gasteiger partial charge in [0.25, 0.3) is 0 Å². The van der Waals surface area contributed by atoms with Crippen LogP contribution in [0.5, 0.6) is 0 Å². The summed E-state index contributed by atoms with van der Waals surface area (Å²) in [7, 11) is 0. The molecule has 0 aromatic heterocycles. The van der Waals surface area contributed by atoms with Crippen molar-refractivity contribution in [3.8, 4) is 0 Å². The standard InChI is InChI=1S/C15H18ClFO4/c1-4-21-14(20)15(9(2)3,13(18)19)8-10-11(16)6-5-7-12(10)17/h5-7,9H,4,8H2,1-3H3,(H,18,19). The molecule has 1 atom stereocenters. The number of hydrogen-bond acceptors (Lipinski definition) is 3. The molecule has 6 heteroatoms. The summed E-state index contributed by atoms with van der Waals surface area (Å²) in [5.74, 6) is -3.47. The first-order chi connectivity index (χ1) is 9.77. The Hall–Kier alpha value is -1.62. The minimum Gasteiger partial charge on any atom is -0.480 e. The van der Waals surface area contributed by atoms with Crippen molar-refractivity contribution >= 4 is 23.5 Å². The molecule has 1 aromatic carbocycles. The number of ether oxygens (including phenoxy) is 1. The van der Waals surface area contributed by atoms with Crippen LogP contribution in [-0.2, 0) is 20.7 Å². The Morgan fingerprint density at radius 1 is 1.43 bits per heavy atom. The molecule has 0 aliphatic heterocycles. The van der Waals surface area contributed by atoms with Gasteiger partial charge in [0.1, 0.15) is 5.82 Å². The molecule has 0 spiro atoms. The van der Waals surface area contributed by atoms with Gasteiger partial charge in [0.15, 0.2) is 5.41 Å². The van der Waals surface area contributed by atoms with Gasteiger partial charge in [0.05, 0.1) is 6.61 Å². The Morgan fingerprint density at radius 3 is 2.48 bits per heavy atom. The first-order valence-corrected chi connectivity index (χ1v) is 6.98. The highest BCUT2D eigenvalue weighted by atomic mass is 35.5. The molecule has 0 heterocycles. The van der Waals surface area contributed by atoms with Crippen LogP contribution in [0.15, 0.2) is 18.2 Å². The molecule has 1 unspecified atom stereocenters. The highest BCUT2D eigenvalue weighted by Gasteiger charge is 2.51. The lowest BCUT2D eigenvalue weighted by molar-refractivity contribution is -0.172. The van der Waals surface area contributed by atoms with Crippen LogP contribution in [0.3, 0.4) is 0 Å². The zero-order valence-electron chi connectivity index (χ0n) is 12.2. The average Bonchev–Trinajstić information content (AvgIpc) is 2.37. The monoisotopic (exact) mass is 316 g/mol. The van der Waals surface area contributed by atoms with E-state index in [0.717, 1.165) is 0 Å². The van der Waals surface area contributed by atoms with Crippen molar-refractivity contribution in [3.63, 3.8) is 0 Å². The molecule has 1 aromatic rings. The lowest BCUT2D eigenvalue weighted by Crippen LogP contribution is -2.47. The number of carbonyl (C=O) groups excluding carboxylic acids is 1. The van der Waals surface area contributed by atoms with Crippen LogP contribution >= 0.6 is 11.6 Å². The molecule has 0 bridgehead atoms. The zero-order valence-corrected chi connectivity index (χ0v) is 12.9. The van der Waals surface area contributed by atoms with Crippen molar-refractivity contribution in [3.05, 3.63) is 34.6 Å². The maximum Gasteiger partial charge on any atom is 0.324 e. The second kappa shape index (κ2) is 6.89. The number of halogens is 2. The fourth-order valence-corrected chi connectivity index (χ4v) is 2.39. The molecule has 21 heavy (non-hydrogen) atoms. The van der Waals surface area contributed by atoms with Crippen molar-refractivity contribution in [1.29, 1.82) is 0 Å². The van der Waals surface area contributed by atoms with Crippen LogP contribution in [0.4, 0.5) is 4.39 Å². The van der Waals surface area contributed by atoms with Gasteiger partial charge in [-0.05, 0) is 25.0 Å². The maximum absolute atomic E-state index is 13.9. The van der Waals surface area contributed by atoms with E-state index < -0.39 is 29.1 Å². The predicted octanol–water partition coefficient (Wildman–Crippen LogP) is 3.31. The summed E-state index contributed by atoms with van der Waals surface area (Å²) < 4.78 is 18.8. The third kappa shape index (κ3) is 3.35. The normalized spacial score (nSPS) is 13.8. The largest absolute Gasteiger partial charge is 0.480 e. The Morgan fingerprint density at radius 2 is 2.05 bits per heavy atom. The zero-order chi connectivity index (χ0) is 16.2. The van der Waals surface area contributed by atoms with E-state index in [1.54, 1.807) is 20.8 Å². The van der Waals surface area contributed by atoms with Crippen LogP contribution in [0.1, 0.15) is 26.3 Å². The van der Waals surface area contributed by atoms with Gasteiger partial charge >= 0.3 is 11.9 Å². The van der Waals surface area contributed by atoms with Crippen LogP contribution in [0, 0.1) is 17.2 Å². The fourth-order valence-electron chi connectivity index (χ4n) is 2.16. The number of carboxylic acids is 1. The highest BCUT2D eigenvalue weighted by molar-refractivity contribution is 6.31. The van der Waals surface area contributed by atoms with Gasteiger partial charge in [-0.3, -0.25) is 9.59 Å². The third-order valence-electron chi connectivity index (χ3n) is 3.52. The quantitative estimate of drug-likeness (QED) is 0.646. The minimum absolute atomic E-state index is 0.00307. The fraction of sp³-hybridized carbons (Fsp3) is 0.467. The first kappa shape index (κ1) is 17.4. The van der Waals surface area contributed by atoms with Crippen molar-refractivity contribution in [2.75, 3.05) is 6.61 Å². The van der Waals surface area contributed by atoms with Crippen molar-refractivity contribution < 1.29 is 23.8 Å². The average molecular weight is 317 g/mol. The lowest BCUT2D eigenvalue weighted by atomic mass is 9.72. The number of aliphatic carboxylic acids is 1. The molecule has 0 fully saturated rings. The number of benzene rings is 1. The van der Waals surface area contributed by atoms with E-state index in [0.29, 0.717) is 0 Å². The molecular weight excluding hydrogens is 299 g/mol. The summed E-state index contributed by atoms with van der Waals surface area (Å²) in [5, 5.41) is 9.66. The summed E-state index contributed by atoms with van der Waals surface area (Å²) in [4.78, 5) is 23.9. The van der Waals surface area contributed by atoms with E-state index in [2.05, 4.69) is 0 Å². The molecular formula is C15H18ClFO4. The van der Waals surface area contributed by atoms with E-state index in [1.807, 2.05) is 0 Å². The Kier molecular flexibility index (Phi) is 5.72. The van der Waals surface area contributed by atoms with Crippen molar-refractivity contribution in [2.45, 2.75) is 27.2 Å². The van der Waals surface area contributed by atoms with E-state index in [9.17, 15) is 19.1 Å². The summed E-state index contributed by atoms with van der Waals surface area (Å²) in [5.41, 5.74) is -1.87.